The summed E-state index contributed by atoms with van der Waals surface area (Å²) in [6.07, 6.45) is 4.26. The van der Waals surface area contributed by atoms with E-state index in [1.165, 1.54) is 0 Å². The molecule has 3 rings (SSSR count). The van der Waals surface area contributed by atoms with Crippen LogP contribution in [0, 0.1) is 6.92 Å². The molecule has 0 radical (unpaired) electrons. The van der Waals surface area contributed by atoms with Crippen LogP contribution in [0.25, 0.3) is 22.2 Å². The molecule has 1 N–H and O–H groups in total. The van der Waals surface area contributed by atoms with Gasteiger partial charge in [0.15, 0.2) is 6.29 Å². The zero-order valence-electron chi connectivity index (χ0n) is 10.3. The van der Waals surface area contributed by atoms with Crippen LogP contribution >= 0.6 is 11.6 Å². The number of aromatic amines is 1. The highest BCUT2D eigenvalue weighted by Gasteiger charge is 2.16. The molecule has 1 aromatic carbocycles. The van der Waals surface area contributed by atoms with E-state index in [9.17, 15) is 4.79 Å². The van der Waals surface area contributed by atoms with Gasteiger partial charge >= 0.3 is 0 Å². The Hall–Kier alpha value is -2.13. The number of hydrogen-bond donors (Lipinski definition) is 1. The standard InChI is InChI=1S/C15H11ClN2O/c1-9-4-5-12(16)13-11(8-19)15(18-14(9)13)10-3-2-6-17-7-10/h2-8,18H,1H3. The van der Waals surface area contributed by atoms with Gasteiger partial charge < -0.3 is 4.98 Å². The molecule has 0 unspecified atom stereocenters. The quantitative estimate of drug-likeness (QED) is 0.715. The molecule has 3 nitrogen and oxygen atoms in total. The van der Waals surface area contributed by atoms with E-state index >= 15 is 0 Å². The van der Waals surface area contributed by atoms with Gasteiger partial charge in [0.05, 0.1) is 16.2 Å². The van der Waals surface area contributed by atoms with Gasteiger partial charge in [0.2, 0.25) is 0 Å². The predicted molar refractivity (Wildman–Crippen MR) is 76.7 cm³/mol. The molecule has 19 heavy (non-hydrogen) atoms. The minimum atomic E-state index is 0.578. The van der Waals surface area contributed by atoms with Crippen molar-refractivity contribution in [2.24, 2.45) is 0 Å². The Balaban J connectivity index is 2.42. The zero-order valence-corrected chi connectivity index (χ0v) is 11.0. The van der Waals surface area contributed by atoms with E-state index < -0.39 is 0 Å². The number of rotatable bonds is 2. The molecule has 0 aliphatic carbocycles. The molecule has 2 heterocycles. The third kappa shape index (κ3) is 1.83. The fraction of sp³-hybridized carbons (Fsp3) is 0.0667. The molecule has 2 aromatic heterocycles. The molecular weight excluding hydrogens is 260 g/mol. The van der Waals surface area contributed by atoms with Gasteiger partial charge in [-0.2, -0.15) is 0 Å². The number of nitrogens with zero attached hydrogens (tertiary/aromatic N) is 1. The van der Waals surface area contributed by atoms with E-state index in [0.717, 1.165) is 34.0 Å². The lowest BCUT2D eigenvalue weighted by atomic mass is 10.1. The number of aromatic nitrogens is 2. The molecule has 0 bridgehead atoms. The highest BCUT2D eigenvalue weighted by molar-refractivity contribution is 6.37. The van der Waals surface area contributed by atoms with E-state index in [1.807, 2.05) is 31.2 Å². The van der Waals surface area contributed by atoms with Crippen LogP contribution in [0.5, 0.6) is 0 Å². The molecule has 0 saturated carbocycles. The van der Waals surface area contributed by atoms with Crippen LogP contribution in [0.4, 0.5) is 0 Å². The summed E-state index contributed by atoms with van der Waals surface area (Å²) in [5, 5.41) is 1.35. The monoisotopic (exact) mass is 270 g/mol. The van der Waals surface area contributed by atoms with Crippen molar-refractivity contribution in [3.05, 3.63) is 52.8 Å². The molecule has 4 heteroatoms. The van der Waals surface area contributed by atoms with E-state index in [1.54, 1.807) is 12.4 Å². The number of halogens is 1. The second kappa shape index (κ2) is 4.52. The molecule has 0 spiro atoms. The number of H-pyrrole nitrogens is 1. The van der Waals surface area contributed by atoms with Gasteiger partial charge in [-0.1, -0.05) is 17.7 Å². The Labute approximate surface area is 115 Å². The molecule has 0 atom stereocenters. The minimum Gasteiger partial charge on any atom is -0.354 e. The third-order valence-electron chi connectivity index (χ3n) is 3.22. The van der Waals surface area contributed by atoms with Gasteiger partial charge in [-0.05, 0) is 30.7 Å². The highest BCUT2D eigenvalue weighted by Crippen LogP contribution is 2.34. The Morgan fingerprint density at radius 3 is 2.84 bits per heavy atom. The molecule has 0 saturated heterocycles. The van der Waals surface area contributed by atoms with Crippen molar-refractivity contribution < 1.29 is 4.79 Å². The average Bonchev–Trinajstić information content (AvgIpc) is 2.84. The molecule has 0 amide bonds. The molecular formula is C15H11ClN2O. The van der Waals surface area contributed by atoms with Crippen molar-refractivity contribution >= 4 is 28.8 Å². The number of carbonyl (C=O) groups excluding carboxylic acids is 1. The molecule has 94 valence electrons. The minimum absolute atomic E-state index is 0.578. The number of fused-ring (bicyclic) bond motifs is 1. The van der Waals surface area contributed by atoms with Gasteiger partial charge in [0.1, 0.15) is 0 Å². The van der Waals surface area contributed by atoms with Crippen molar-refractivity contribution in [3.8, 4) is 11.3 Å². The fourth-order valence-electron chi connectivity index (χ4n) is 2.28. The van der Waals surface area contributed by atoms with Crippen LogP contribution in [0.1, 0.15) is 15.9 Å². The third-order valence-corrected chi connectivity index (χ3v) is 3.53. The first-order chi connectivity index (χ1) is 9.22. The van der Waals surface area contributed by atoms with Gasteiger partial charge in [-0.3, -0.25) is 9.78 Å². The van der Waals surface area contributed by atoms with Crippen molar-refractivity contribution in [3.63, 3.8) is 0 Å². The van der Waals surface area contributed by atoms with Crippen molar-refractivity contribution in [2.45, 2.75) is 6.92 Å². The lowest BCUT2D eigenvalue weighted by Gasteiger charge is -1.98. The summed E-state index contributed by atoms with van der Waals surface area (Å²) in [6.45, 7) is 1.98. The van der Waals surface area contributed by atoms with Crippen LogP contribution in [0.3, 0.4) is 0 Å². The van der Waals surface area contributed by atoms with Crippen molar-refractivity contribution in [1.82, 2.24) is 9.97 Å². The number of hydrogen-bond acceptors (Lipinski definition) is 2. The summed E-state index contributed by atoms with van der Waals surface area (Å²) in [4.78, 5) is 18.8. The molecule has 0 aliphatic rings. The van der Waals surface area contributed by atoms with Gasteiger partial charge in [0.25, 0.3) is 0 Å². The lowest BCUT2D eigenvalue weighted by Crippen LogP contribution is -1.85. The second-order valence-electron chi connectivity index (χ2n) is 4.39. The molecule has 0 aliphatic heterocycles. The van der Waals surface area contributed by atoms with Crippen LogP contribution < -0.4 is 0 Å². The van der Waals surface area contributed by atoms with Gasteiger partial charge in [0, 0.05) is 28.9 Å². The molecule has 0 fully saturated rings. The predicted octanol–water partition coefficient (Wildman–Crippen LogP) is 4.00. The summed E-state index contributed by atoms with van der Waals surface area (Å²) in [7, 11) is 0. The topological polar surface area (TPSA) is 45.8 Å². The summed E-state index contributed by atoms with van der Waals surface area (Å²) in [5.74, 6) is 0. The average molecular weight is 271 g/mol. The highest BCUT2D eigenvalue weighted by atomic mass is 35.5. The number of aldehydes is 1. The zero-order chi connectivity index (χ0) is 13.4. The Morgan fingerprint density at radius 2 is 2.16 bits per heavy atom. The molecule has 3 aromatic rings. The number of benzene rings is 1. The largest absolute Gasteiger partial charge is 0.354 e. The fourth-order valence-corrected chi connectivity index (χ4v) is 2.54. The maximum atomic E-state index is 11.4. The first-order valence-corrected chi connectivity index (χ1v) is 6.26. The Kier molecular flexibility index (Phi) is 2.84. The first kappa shape index (κ1) is 11.9. The van der Waals surface area contributed by atoms with E-state index in [0.29, 0.717) is 10.6 Å². The number of pyridine rings is 1. The smallest absolute Gasteiger partial charge is 0.152 e. The van der Waals surface area contributed by atoms with Gasteiger partial charge in [-0.15, -0.1) is 0 Å². The Bertz CT molecular complexity index is 763. The van der Waals surface area contributed by atoms with Crippen LogP contribution in [-0.2, 0) is 0 Å². The first-order valence-electron chi connectivity index (χ1n) is 5.88. The van der Waals surface area contributed by atoms with Crippen LogP contribution in [0.2, 0.25) is 5.02 Å². The summed E-state index contributed by atoms with van der Waals surface area (Å²) >= 11 is 6.22. The summed E-state index contributed by atoms with van der Waals surface area (Å²) in [5.41, 5.74) is 4.16. The van der Waals surface area contributed by atoms with Gasteiger partial charge in [-0.25, -0.2) is 0 Å². The normalized spacial score (nSPS) is 10.8. The second-order valence-corrected chi connectivity index (χ2v) is 4.79. The number of nitrogens with one attached hydrogen (secondary N) is 1. The maximum Gasteiger partial charge on any atom is 0.152 e. The summed E-state index contributed by atoms with van der Waals surface area (Å²) in [6, 6.07) is 7.49. The Morgan fingerprint density at radius 1 is 1.32 bits per heavy atom. The van der Waals surface area contributed by atoms with E-state index in [4.69, 9.17) is 11.6 Å². The van der Waals surface area contributed by atoms with Crippen molar-refractivity contribution in [1.29, 1.82) is 0 Å². The number of aryl methyl sites for hydroxylation is 1. The lowest BCUT2D eigenvalue weighted by molar-refractivity contribution is 0.112. The van der Waals surface area contributed by atoms with E-state index in [2.05, 4.69) is 9.97 Å². The van der Waals surface area contributed by atoms with Crippen molar-refractivity contribution in [2.75, 3.05) is 0 Å². The van der Waals surface area contributed by atoms with E-state index in [-0.39, 0.29) is 0 Å². The maximum absolute atomic E-state index is 11.4. The van der Waals surface area contributed by atoms with Crippen LogP contribution in [0.15, 0.2) is 36.7 Å². The summed E-state index contributed by atoms with van der Waals surface area (Å²) < 4.78 is 0. The SMILES string of the molecule is Cc1ccc(Cl)c2c(C=O)c(-c3cccnc3)[nH]c12. The van der Waals surface area contributed by atoms with Crippen LogP contribution in [-0.4, -0.2) is 16.3 Å². The number of carbonyl (C=O) groups is 1.